The highest BCUT2D eigenvalue weighted by molar-refractivity contribution is 5.77. The SMILES string of the molecule is CCc1ccc(Nc2cc(C(C)(C)CC(=O)O)ccc2N2C[C@@H](C)O[C@@H](C)C2)cc1. The molecular weight excluding hydrogens is 376 g/mol. The molecule has 0 spiro atoms. The number of hydrogen-bond acceptors (Lipinski definition) is 4. The van der Waals surface area contributed by atoms with E-state index in [4.69, 9.17) is 4.74 Å². The van der Waals surface area contributed by atoms with Crippen molar-refractivity contribution in [1.29, 1.82) is 0 Å². The topological polar surface area (TPSA) is 61.8 Å². The van der Waals surface area contributed by atoms with Gasteiger partial charge >= 0.3 is 5.97 Å². The summed E-state index contributed by atoms with van der Waals surface area (Å²) in [6.45, 7) is 12.0. The summed E-state index contributed by atoms with van der Waals surface area (Å²) in [6, 6.07) is 14.8. The maximum atomic E-state index is 11.4. The van der Waals surface area contributed by atoms with Gasteiger partial charge in [-0.25, -0.2) is 0 Å². The Kier molecular flexibility index (Phi) is 6.71. The molecule has 1 heterocycles. The summed E-state index contributed by atoms with van der Waals surface area (Å²) in [6.07, 6.45) is 1.42. The third kappa shape index (κ3) is 5.33. The molecular formula is C25H34N2O3. The largest absolute Gasteiger partial charge is 0.481 e. The van der Waals surface area contributed by atoms with Crippen molar-refractivity contribution in [2.45, 2.75) is 65.1 Å². The number of hydrogen-bond donors (Lipinski definition) is 2. The Morgan fingerprint density at radius 3 is 2.33 bits per heavy atom. The molecule has 30 heavy (non-hydrogen) atoms. The number of benzene rings is 2. The smallest absolute Gasteiger partial charge is 0.304 e. The molecule has 0 saturated carbocycles. The van der Waals surface area contributed by atoms with Gasteiger partial charge in [0.2, 0.25) is 0 Å². The van der Waals surface area contributed by atoms with E-state index in [9.17, 15) is 9.90 Å². The Morgan fingerprint density at radius 2 is 1.77 bits per heavy atom. The molecule has 5 nitrogen and oxygen atoms in total. The molecule has 0 radical (unpaired) electrons. The molecule has 1 aliphatic rings. The summed E-state index contributed by atoms with van der Waals surface area (Å²) in [5, 5.41) is 12.9. The van der Waals surface area contributed by atoms with E-state index in [2.05, 4.69) is 73.5 Å². The van der Waals surface area contributed by atoms with Gasteiger partial charge in [-0.3, -0.25) is 4.79 Å². The van der Waals surface area contributed by atoms with Gasteiger partial charge in [-0.05, 0) is 55.7 Å². The van der Waals surface area contributed by atoms with Gasteiger partial charge < -0.3 is 20.1 Å². The van der Waals surface area contributed by atoms with Gasteiger partial charge in [0, 0.05) is 24.2 Å². The molecule has 162 valence electrons. The molecule has 2 aromatic rings. The van der Waals surface area contributed by atoms with E-state index in [1.54, 1.807) is 0 Å². The number of aliphatic carboxylic acids is 1. The first-order chi connectivity index (χ1) is 14.2. The van der Waals surface area contributed by atoms with Crippen LogP contribution in [0.25, 0.3) is 0 Å². The van der Waals surface area contributed by atoms with E-state index >= 15 is 0 Å². The maximum Gasteiger partial charge on any atom is 0.304 e. The Bertz CT molecular complexity index is 866. The van der Waals surface area contributed by atoms with Crippen LogP contribution in [-0.2, 0) is 21.4 Å². The molecule has 1 saturated heterocycles. The average Bonchev–Trinajstić information content (AvgIpc) is 2.67. The van der Waals surface area contributed by atoms with Crippen molar-refractivity contribution >= 4 is 23.0 Å². The van der Waals surface area contributed by atoms with Crippen molar-refractivity contribution in [2.24, 2.45) is 0 Å². The zero-order valence-corrected chi connectivity index (χ0v) is 18.7. The van der Waals surface area contributed by atoms with E-state index in [1.165, 1.54) is 5.56 Å². The molecule has 2 aromatic carbocycles. The van der Waals surface area contributed by atoms with Crippen molar-refractivity contribution in [3.63, 3.8) is 0 Å². The van der Waals surface area contributed by atoms with Crippen molar-refractivity contribution < 1.29 is 14.6 Å². The molecule has 0 aliphatic carbocycles. The second-order valence-electron chi connectivity index (χ2n) is 9.02. The van der Waals surface area contributed by atoms with Crippen molar-refractivity contribution in [2.75, 3.05) is 23.3 Å². The van der Waals surface area contributed by atoms with Crippen LogP contribution in [0.3, 0.4) is 0 Å². The number of nitrogens with zero attached hydrogens (tertiary/aromatic N) is 1. The van der Waals surface area contributed by atoms with Gasteiger partial charge in [-0.1, -0.05) is 39.0 Å². The minimum atomic E-state index is -0.787. The number of aryl methyl sites for hydroxylation is 1. The highest BCUT2D eigenvalue weighted by Crippen LogP contribution is 2.37. The summed E-state index contributed by atoms with van der Waals surface area (Å²) in [4.78, 5) is 13.7. The molecule has 1 aliphatic heterocycles. The Balaban J connectivity index is 1.99. The van der Waals surface area contributed by atoms with Crippen LogP contribution in [-0.4, -0.2) is 36.4 Å². The predicted molar refractivity (Wildman–Crippen MR) is 123 cm³/mol. The highest BCUT2D eigenvalue weighted by atomic mass is 16.5. The Labute approximate surface area is 180 Å². The van der Waals surface area contributed by atoms with Crippen LogP contribution in [0.1, 0.15) is 52.2 Å². The summed E-state index contributed by atoms with van der Waals surface area (Å²) in [5.74, 6) is -0.787. The van der Waals surface area contributed by atoms with Crippen LogP contribution < -0.4 is 10.2 Å². The number of carbonyl (C=O) groups is 1. The second kappa shape index (κ2) is 9.09. The number of morpholine rings is 1. The summed E-state index contributed by atoms with van der Waals surface area (Å²) < 4.78 is 5.92. The summed E-state index contributed by atoms with van der Waals surface area (Å²) in [5.41, 5.74) is 4.99. The number of anilines is 3. The van der Waals surface area contributed by atoms with Crippen molar-refractivity contribution in [3.05, 3.63) is 53.6 Å². The van der Waals surface area contributed by atoms with Gasteiger partial charge in [-0.15, -0.1) is 0 Å². The van der Waals surface area contributed by atoms with Crippen LogP contribution in [0.5, 0.6) is 0 Å². The number of rotatable bonds is 7. The monoisotopic (exact) mass is 410 g/mol. The van der Waals surface area contributed by atoms with E-state index < -0.39 is 11.4 Å². The molecule has 5 heteroatoms. The number of nitrogens with one attached hydrogen (secondary N) is 1. The zero-order valence-electron chi connectivity index (χ0n) is 18.7. The molecule has 0 bridgehead atoms. The lowest BCUT2D eigenvalue weighted by Gasteiger charge is -2.38. The third-order valence-electron chi connectivity index (χ3n) is 5.77. The standard InChI is InChI=1S/C25H34N2O3/c1-6-19-7-10-21(11-8-19)26-22-13-20(25(4,5)14-24(28)29)9-12-23(22)27-15-17(2)30-18(3)16-27/h7-13,17-18,26H,6,14-16H2,1-5H3,(H,28,29)/t17-,18+. The predicted octanol–water partition coefficient (Wildman–Crippen LogP) is 5.36. The minimum absolute atomic E-state index is 0.0859. The number of carboxylic acid groups (broad SMARTS) is 1. The van der Waals surface area contributed by atoms with Gasteiger partial charge in [0.15, 0.2) is 0 Å². The molecule has 1 fully saturated rings. The first-order valence-corrected chi connectivity index (χ1v) is 10.8. The fourth-order valence-corrected chi connectivity index (χ4v) is 4.17. The van der Waals surface area contributed by atoms with E-state index in [0.29, 0.717) is 0 Å². The quantitative estimate of drug-likeness (QED) is 0.643. The van der Waals surface area contributed by atoms with Gasteiger partial charge in [-0.2, -0.15) is 0 Å². The van der Waals surface area contributed by atoms with Crippen LogP contribution in [0.4, 0.5) is 17.1 Å². The molecule has 0 amide bonds. The van der Waals surface area contributed by atoms with Crippen LogP contribution >= 0.6 is 0 Å². The summed E-state index contributed by atoms with van der Waals surface area (Å²) in [7, 11) is 0. The molecule has 0 unspecified atom stereocenters. The van der Waals surface area contributed by atoms with Gasteiger partial charge in [0.1, 0.15) is 0 Å². The lowest BCUT2D eigenvalue weighted by molar-refractivity contribution is -0.138. The van der Waals surface area contributed by atoms with E-state index in [0.717, 1.165) is 42.1 Å². The maximum absolute atomic E-state index is 11.4. The van der Waals surface area contributed by atoms with E-state index in [1.807, 2.05) is 13.8 Å². The highest BCUT2D eigenvalue weighted by Gasteiger charge is 2.28. The molecule has 0 aromatic heterocycles. The van der Waals surface area contributed by atoms with Crippen molar-refractivity contribution in [1.82, 2.24) is 0 Å². The second-order valence-corrected chi connectivity index (χ2v) is 9.02. The molecule has 3 rings (SSSR count). The fourth-order valence-electron chi connectivity index (χ4n) is 4.17. The van der Waals surface area contributed by atoms with Crippen LogP contribution in [0.15, 0.2) is 42.5 Å². The molecule has 2 atom stereocenters. The first-order valence-electron chi connectivity index (χ1n) is 10.8. The Hall–Kier alpha value is -2.53. The Morgan fingerprint density at radius 1 is 1.13 bits per heavy atom. The van der Waals surface area contributed by atoms with Gasteiger partial charge in [0.05, 0.1) is 30.0 Å². The van der Waals surface area contributed by atoms with Crippen LogP contribution in [0.2, 0.25) is 0 Å². The number of carboxylic acids is 1. The first kappa shape index (κ1) is 22.2. The zero-order chi connectivity index (χ0) is 21.9. The lowest BCUT2D eigenvalue weighted by atomic mass is 9.81. The normalized spacial score (nSPS) is 19.6. The number of ether oxygens (including phenoxy) is 1. The fraction of sp³-hybridized carbons (Fsp3) is 0.480. The third-order valence-corrected chi connectivity index (χ3v) is 5.77. The van der Waals surface area contributed by atoms with Crippen LogP contribution in [0, 0.1) is 0 Å². The van der Waals surface area contributed by atoms with Crippen molar-refractivity contribution in [3.8, 4) is 0 Å². The minimum Gasteiger partial charge on any atom is -0.481 e. The lowest BCUT2D eigenvalue weighted by Crippen LogP contribution is -2.45. The summed E-state index contributed by atoms with van der Waals surface area (Å²) >= 11 is 0. The van der Waals surface area contributed by atoms with E-state index in [-0.39, 0.29) is 18.6 Å². The molecule has 2 N–H and O–H groups in total. The van der Waals surface area contributed by atoms with Gasteiger partial charge in [0.25, 0.3) is 0 Å². The average molecular weight is 411 g/mol.